The SMILES string of the molecule is Cc1ccc(N(c2ccc(C)c(C)c2)c2ccc3c(c2)C(c2ccccc2)(c2ccccc2)c2cc(-n4c5ccccc5c5ccccc54)c4ccccc4c2-3)cc1. The summed E-state index contributed by atoms with van der Waals surface area (Å²) in [7, 11) is 0. The lowest BCUT2D eigenvalue weighted by Gasteiger charge is -2.35. The molecule has 2 heteroatoms. The maximum absolute atomic E-state index is 2.53. The number of aryl methyl sites for hydroxylation is 3. The predicted octanol–water partition coefficient (Wildman–Crippen LogP) is 14.7. The van der Waals surface area contributed by atoms with E-state index in [1.807, 2.05) is 0 Å². The van der Waals surface area contributed by atoms with Crippen molar-refractivity contribution in [3.8, 4) is 16.8 Å². The van der Waals surface area contributed by atoms with Crippen LogP contribution in [0, 0.1) is 20.8 Å². The standard InChI is InChI=1S/C56H42N2/c1-37-26-29-42(30-27-37)57(43-31-28-38(2)39(3)34-43)44-32-33-49-50(35-44)56(40-16-6-4-7-17-40,41-18-8-5-9-19-41)51-36-54(47-22-10-11-23-48(47)55(49)51)58-52-24-14-12-20-45(52)46-21-13-15-25-53(46)58/h4-36H,1-3H3. The molecule has 9 aromatic carbocycles. The van der Waals surface area contributed by atoms with Crippen molar-refractivity contribution in [3.63, 3.8) is 0 Å². The third-order valence-electron chi connectivity index (χ3n) is 12.6. The highest BCUT2D eigenvalue weighted by molar-refractivity contribution is 6.13. The lowest BCUT2D eigenvalue weighted by atomic mass is 9.67. The van der Waals surface area contributed by atoms with Gasteiger partial charge in [0.05, 0.1) is 22.1 Å². The molecule has 0 radical (unpaired) electrons. The minimum Gasteiger partial charge on any atom is -0.310 e. The van der Waals surface area contributed by atoms with Gasteiger partial charge in [0.1, 0.15) is 0 Å². The van der Waals surface area contributed by atoms with E-state index in [0.29, 0.717) is 0 Å². The van der Waals surface area contributed by atoms with E-state index in [1.165, 1.54) is 88.3 Å². The molecule has 0 N–H and O–H groups in total. The van der Waals surface area contributed by atoms with Crippen LogP contribution in [0.1, 0.15) is 38.9 Å². The minimum atomic E-state index is -0.622. The van der Waals surface area contributed by atoms with Gasteiger partial charge >= 0.3 is 0 Å². The first-order chi connectivity index (χ1) is 28.5. The number of aromatic nitrogens is 1. The van der Waals surface area contributed by atoms with Gasteiger partial charge in [-0.2, -0.15) is 0 Å². The highest BCUT2D eigenvalue weighted by Gasteiger charge is 2.47. The van der Waals surface area contributed by atoms with Gasteiger partial charge in [0.15, 0.2) is 0 Å². The molecule has 58 heavy (non-hydrogen) atoms. The van der Waals surface area contributed by atoms with Crippen LogP contribution in [0.5, 0.6) is 0 Å². The van der Waals surface area contributed by atoms with Crippen LogP contribution in [0.4, 0.5) is 17.1 Å². The number of hydrogen-bond donors (Lipinski definition) is 0. The van der Waals surface area contributed by atoms with Gasteiger partial charge in [-0.05, 0) is 125 Å². The van der Waals surface area contributed by atoms with Crippen LogP contribution in [0.2, 0.25) is 0 Å². The predicted molar refractivity (Wildman–Crippen MR) is 244 cm³/mol. The fourth-order valence-corrected chi connectivity index (χ4v) is 9.82. The second kappa shape index (κ2) is 13.2. The summed E-state index contributed by atoms with van der Waals surface area (Å²) in [5.41, 5.74) is 17.8. The van der Waals surface area contributed by atoms with E-state index >= 15 is 0 Å². The molecule has 0 aliphatic heterocycles. The normalized spacial score (nSPS) is 12.9. The molecule has 0 fully saturated rings. The molecule has 0 atom stereocenters. The Kier molecular flexibility index (Phi) is 7.78. The van der Waals surface area contributed by atoms with Crippen molar-refractivity contribution in [1.82, 2.24) is 4.57 Å². The molecule has 1 aromatic heterocycles. The molecule has 1 heterocycles. The maximum atomic E-state index is 2.53. The summed E-state index contributed by atoms with van der Waals surface area (Å²) in [6, 6.07) is 74.6. The summed E-state index contributed by atoms with van der Waals surface area (Å²) >= 11 is 0. The van der Waals surface area contributed by atoms with Crippen molar-refractivity contribution < 1.29 is 0 Å². The lowest BCUT2D eigenvalue weighted by Crippen LogP contribution is -2.29. The smallest absolute Gasteiger partial charge is 0.0715 e. The molecule has 0 saturated heterocycles. The van der Waals surface area contributed by atoms with Crippen LogP contribution in [0.3, 0.4) is 0 Å². The number of fused-ring (bicyclic) bond motifs is 8. The molecular formula is C56H42N2. The third kappa shape index (κ3) is 4.98. The molecule has 2 nitrogen and oxygen atoms in total. The Bertz CT molecular complexity index is 3100. The van der Waals surface area contributed by atoms with Gasteiger partial charge in [-0.25, -0.2) is 0 Å². The van der Waals surface area contributed by atoms with Gasteiger partial charge < -0.3 is 9.47 Å². The van der Waals surface area contributed by atoms with Gasteiger partial charge in [0.25, 0.3) is 0 Å². The zero-order valence-corrected chi connectivity index (χ0v) is 32.9. The highest BCUT2D eigenvalue weighted by Crippen LogP contribution is 2.60. The topological polar surface area (TPSA) is 8.17 Å². The molecular weight excluding hydrogens is 701 g/mol. The largest absolute Gasteiger partial charge is 0.310 e. The number of benzene rings is 9. The Hall–Kier alpha value is -7.16. The van der Waals surface area contributed by atoms with Crippen molar-refractivity contribution in [1.29, 1.82) is 0 Å². The average Bonchev–Trinajstić information content (AvgIpc) is 3.76. The summed E-state index contributed by atoms with van der Waals surface area (Å²) in [6.45, 7) is 6.55. The number of anilines is 3. The van der Waals surface area contributed by atoms with Gasteiger partial charge in [0.2, 0.25) is 0 Å². The summed E-state index contributed by atoms with van der Waals surface area (Å²) < 4.78 is 2.50. The maximum Gasteiger partial charge on any atom is 0.0715 e. The Morgan fingerprint density at radius 2 is 0.914 bits per heavy atom. The molecule has 0 bridgehead atoms. The second-order valence-corrected chi connectivity index (χ2v) is 15.9. The van der Waals surface area contributed by atoms with Gasteiger partial charge in [-0.3, -0.25) is 0 Å². The highest BCUT2D eigenvalue weighted by atomic mass is 15.1. The van der Waals surface area contributed by atoms with Crippen LogP contribution < -0.4 is 4.90 Å². The van der Waals surface area contributed by atoms with Crippen LogP contribution in [0.25, 0.3) is 49.4 Å². The van der Waals surface area contributed by atoms with E-state index in [4.69, 9.17) is 0 Å². The van der Waals surface area contributed by atoms with Crippen molar-refractivity contribution in [2.45, 2.75) is 26.2 Å². The summed E-state index contributed by atoms with van der Waals surface area (Å²) in [5.74, 6) is 0. The molecule has 11 rings (SSSR count). The molecule has 1 aliphatic carbocycles. The first-order valence-corrected chi connectivity index (χ1v) is 20.3. The fourth-order valence-electron chi connectivity index (χ4n) is 9.82. The van der Waals surface area contributed by atoms with Gasteiger partial charge in [0, 0.05) is 33.2 Å². The van der Waals surface area contributed by atoms with Gasteiger partial charge in [-0.15, -0.1) is 0 Å². The van der Waals surface area contributed by atoms with E-state index in [9.17, 15) is 0 Å². The fraction of sp³-hybridized carbons (Fsp3) is 0.0714. The van der Waals surface area contributed by atoms with Crippen molar-refractivity contribution >= 4 is 49.6 Å². The summed E-state index contributed by atoms with van der Waals surface area (Å²) in [6.07, 6.45) is 0. The lowest BCUT2D eigenvalue weighted by molar-refractivity contribution is 0.768. The Labute approximate surface area is 339 Å². The number of hydrogen-bond acceptors (Lipinski definition) is 1. The zero-order chi connectivity index (χ0) is 39.0. The first kappa shape index (κ1) is 34.1. The monoisotopic (exact) mass is 742 g/mol. The Balaban J connectivity index is 1.28. The summed E-state index contributed by atoms with van der Waals surface area (Å²) in [5, 5.41) is 5.01. The number of rotatable bonds is 6. The Morgan fingerprint density at radius 1 is 0.397 bits per heavy atom. The quantitative estimate of drug-likeness (QED) is 0.165. The van der Waals surface area contributed by atoms with E-state index in [-0.39, 0.29) is 0 Å². The van der Waals surface area contributed by atoms with Crippen molar-refractivity contribution in [3.05, 3.63) is 239 Å². The Morgan fingerprint density at radius 3 is 1.53 bits per heavy atom. The second-order valence-electron chi connectivity index (χ2n) is 15.9. The summed E-state index contributed by atoms with van der Waals surface area (Å²) in [4.78, 5) is 2.43. The van der Waals surface area contributed by atoms with E-state index < -0.39 is 5.41 Å². The molecule has 0 saturated carbocycles. The third-order valence-corrected chi connectivity index (χ3v) is 12.6. The van der Waals surface area contributed by atoms with Crippen molar-refractivity contribution in [2.75, 3.05) is 4.90 Å². The number of para-hydroxylation sites is 2. The zero-order valence-electron chi connectivity index (χ0n) is 32.9. The van der Waals surface area contributed by atoms with Crippen LogP contribution in [-0.4, -0.2) is 4.57 Å². The van der Waals surface area contributed by atoms with Crippen LogP contribution >= 0.6 is 0 Å². The van der Waals surface area contributed by atoms with Gasteiger partial charge in [-0.1, -0.05) is 151 Å². The molecule has 276 valence electrons. The van der Waals surface area contributed by atoms with E-state index in [1.54, 1.807) is 0 Å². The van der Waals surface area contributed by atoms with Crippen LogP contribution in [0.15, 0.2) is 200 Å². The molecule has 10 aromatic rings. The molecule has 0 spiro atoms. The van der Waals surface area contributed by atoms with Crippen molar-refractivity contribution in [2.24, 2.45) is 0 Å². The molecule has 1 aliphatic rings. The van der Waals surface area contributed by atoms with E-state index in [0.717, 1.165) is 17.1 Å². The minimum absolute atomic E-state index is 0.622. The number of nitrogens with zero attached hydrogens (tertiary/aromatic N) is 2. The van der Waals surface area contributed by atoms with Crippen LogP contribution in [-0.2, 0) is 5.41 Å². The first-order valence-electron chi connectivity index (χ1n) is 20.3. The molecule has 0 amide bonds. The average molecular weight is 743 g/mol. The molecule has 0 unspecified atom stereocenters. The van der Waals surface area contributed by atoms with E-state index in [2.05, 4.69) is 230 Å².